The number of carboxylic acid groups (broad SMARTS) is 1. The van der Waals surface area contributed by atoms with Crippen molar-refractivity contribution in [2.75, 3.05) is 19.6 Å². The van der Waals surface area contributed by atoms with Crippen LogP contribution in [-0.4, -0.2) is 52.6 Å². The summed E-state index contributed by atoms with van der Waals surface area (Å²) in [6.07, 6.45) is 3.92. The molecular formula is C14H24N2O3. The number of aliphatic carboxylic acids is 1. The molecule has 3 unspecified atom stereocenters. The maximum absolute atomic E-state index is 12.5. The number of likely N-dealkylation sites (tertiary alicyclic amines) is 2. The van der Waals surface area contributed by atoms with Crippen LogP contribution in [0.25, 0.3) is 0 Å². The van der Waals surface area contributed by atoms with E-state index in [0.717, 1.165) is 38.8 Å². The van der Waals surface area contributed by atoms with Crippen molar-refractivity contribution < 1.29 is 14.7 Å². The topological polar surface area (TPSA) is 60.9 Å². The molecule has 2 saturated heterocycles. The number of hydrogen-bond acceptors (Lipinski definition) is 2. The zero-order chi connectivity index (χ0) is 14.0. The monoisotopic (exact) mass is 268 g/mol. The lowest BCUT2D eigenvalue weighted by Gasteiger charge is -2.39. The van der Waals surface area contributed by atoms with Crippen molar-refractivity contribution in [3.05, 3.63) is 0 Å². The molecule has 19 heavy (non-hydrogen) atoms. The molecule has 5 heteroatoms. The quantitative estimate of drug-likeness (QED) is 0.833. The van der Waals surface area contributed by atoms with E-state index >= 15 is 0 Å². The number of nitrogens with zero attached hydrogens (tertiary/aromatic N) is 2. The zero-order valence-corrected chi connectivity index (χ0v) is 11.8. The summed E-state index contributed by atoms with van der Waals surface area (Å²) in [6.45, 7) is 6.20. The van der Waals surface area contributed by atoms with Crippen molar-refractivity contribution in [1.82, 2.24) is 9.80 Å². The van der Waals surface area contributed by atoms with E-state index < -0.39 is 12.0 Å². The predicted octanol–water partition coefficient (Wildman–Crippen LogP) is 2.02. The Bertz CT molecular complexity index is 359. The second-order valence-corrected chi connectivity index (χ2v) is 5.89. The Labute approximate surface area is 114 Å². The molecule has 2 heterocycles. The fraction of sp³-hybridized carbons (Fsp3) is 0.857. The molecule has 2 aliphatic heterocycles. The van der Waals surface area contributed by atoms with Gasteiger partial charge in [0.1, 0.15) is 6.04 Å². The molecular weight excluding hydrogens is 244 g/mol. The molecule has 2 rings (SSSR count). The fourth-order valence-corrected chi connectivity index (χ4v) is 3.30. The van der Waals surface area contributed by atoms with Gasteiger partial charge in [-0.1, -0.05) is 20.3 Å². The molecule has 2 aliphatic rings. The van der Waals surface area contributed by atoms with E-state index in [1.54, 1.807) is 4.90 Å². The van der Waals surface area contributed by atoms with Crippen LogP contribution < -0.4 is 0 Å². The molecule has 1 N–H and O–H groups in total. The fourth-order valence-electron chi connectivity index (χ4n) is 3.30. The third-order valence-corrected chi connectivity index (χ3v) is 4.57. The second-order valence-electron chi connectivity index (χ2n) is 5.89. The van der Waals surface area contributed by atoms with Crippen LogP contribution in [0, 0.1) is 11.8 Å². The highest BCUT2D eigenvalue weighted by atomic mass is 16.4. The van der Waals surface area contributed by atoms with Crippen LogP contribution in [0.1, 0.15) is 39.5 Å². The van der Waals surface area contributed by atoms with Crippen LogP contribution in [0.2, 0.25) is 0 Å². The number of rotatable bonds is 2. The minimum atomic E-state index is -0.869. The number of hydrogen-bond donors (Lipinski definition) is 1. The molecule has 0 aromatic heterocycles. The maximum atomic E-state index is 12.5. The van der Waals surface area contributed by atoms with Crippen LogP contribution in [-0.2, 0) is 4.79 Å². The first-order chi connectivity index (χ1) is 9.04. The average molecular weight is 268 g/mol. The van der Waals surface area contributed by atoms with Gasteiger partial charge in [-0.05, 0) is 31.1 Å². The normalized spacial score (nSPS) is 31.6. The standard InChI is InChI=1S/C14H24N2O3/c1-3-11-6-8-15(9-11)14(19)16-7-4-5-10(2)12(16)13(17)18/h10-12H,3-9H2,1-2H3,(H,17,18). The van der Waals surface area contributed by atoms with Gasteiger partial charge in [0.25, 0.3) is 0 Å². The summed E-state index contributed by atoms with van der Waals surface area (Å²) in [5, 5.41) is 9.36. The molecule has 0 saturated carbocycles. The van der Waals surface area contributed by atoms with Gasteiger partial charge in [0.2, 0.25) is 0 Å². The van der Waals surface area contributed by atoms with E-state index in [-0.39, 0.29) is 11.9 Å². The summed E-state index contributed by atoms with van der Waals surface area (Å²) in [5.74, 6) is -0.249. The third-order valence-electron chi connectivity index (χ3n) is 4.57. The van der Waals surface area contributed by atoms with Crippen molar-refractivity contribution in [3.63, 3.8) is 0 Å². The van der Waals surface area contributed by atoms with Gasteiger partial charge >= 0.3 is 12.0 Å². The molecule has 3 atom stereocenters. The van der Waals surface area contributed by atoms with E-state index in [4.69, 9.17) is 0 Å². The van der Waals surface area contributed by atoms with Crippen molar-refractivity contribution in [2.45, 2.75) is 45.6 Å². The highest BCUT2D eigenvalue weighted by Gasteiger charge is 2.39. The Morgan fingerprint density at radius 1 is 1.26 bits per heavy atom. The molecule has 0 aliphatic carbocycles. The van der Waals surface area contributed by atoms with Crippen LogP contribution in [0.3, 0.4) is 0 Å². The molecule has 5 nitrogen and oxygen atoms in total. The van der Waals surface area contributed by atoms with Gasteiger partial charge in [-0.25, -0.2) is 9.59 Å². The Balaban J connectivity index is 2.06. The molecule has 0 aromatic rings. The van der Waals surface area contributed by atoms with E-state index in [0.29, 0.717) is 12.5 Å². The van der Waals surface area contributed by atoms with Crippen LogP contribution in [0.15, 0.2) is 0 Å². The molecule has 0 spiro atoms. The van der Waals surface area contributed by atoms with E-state index in [9.17, 15) is 14.7 Å². The summed E-state index contributed by atoms with van der Waals surface area (Å²) in [4.78, 5) is 27.3. The average Bonchev–Trinajstić information content (AvgIpc) is 2.85. The summed E-state index contributed by atoms with van der Waals surface area (Å²) in [6, 6.07) is -0.725. The Morgan fingerprint density at radius 3 is 2.58 bits per heavy atom. The molecule has 0 bridgehead atoms. The summed E-state index contributed by atoms with van der Waals surface area (Å²) < 4.78 is 0. The Morgan fingerprint density at radius 2 is 2.00 bits per heavy atom. The molecule has 2 fully saturated rings. The second kappa shape index (κ2) is 5.80. The van der Waals surface area contributed by atoms with Crippen molar-refractivity contribution in [2.24, 2.45) is 11.8 Å². The number of piperidine rings is 1. The number of amides is 2. The largest absolute Gasteiger partial charge is 0.480 e. The third kappa shape index (κ3) is 2.85. The first-order valence-corrected chi connectivity index (χ1v) is 7.33. The van der Waals surface area contributed by atoms with Crippen molar-refractivity contribution in [3.8, 4) is 0 Å². The first-order valence-electron chi connectivity index (χ1n) is 7.33. The molecule has 0 aromatic carbocycles. The number of urea groups is 1. The number of carbonyl (C=O) groups is 2. The van der Waals surface area contributed by atoms with E-state index in [1.807, 2.05) is 11.8 Å². The van der Waals surface area contributed by atoms with Crippen molar-refractivity contribution >= 4 is 12.0 Å². The number of carboxylic acids is 1. The zero-order valence-electron chi connectivity index (χ0n) is 11.8. The van der Waals surface area contributed by atoms with Gasteiger partial charge in [0.05, 0.1) is 0 Å². The Hall–Kier alpha value is -1.26. The minimum Gasteiger partial charge on any atom is -0.480 e. The molecule has 0 radical (unpaired) electrons. The van der Waals surface area contributed by atoms with Gasteiger partial charge in [-0.2, -0.15) is 0 Å². The molecule has 2 amide bonds. The lowest BCUT2D eigenvalue weighted by Crippen LogP contribution is -2.55. The van der Waals surface area contributed by atoms with Crippen LogP contribution in [0.5, 0.6) is 0 Å². The maximum Gasteiger partial charge on any atom is 0.326 e. The SMILES string of the molecule is CCC1CCN(C(=O)N2CCCC(C)C2C(=O)O)C1. The van der Waals surface area contributed by atoms with Gasteiger partial charge < -0.3 is 14.9 Å². The summed E-state index contributed by atoms with van der Waals surface area (Å²) in [7, 11) is 0. The van der Waals surface area contributed by atoms with Gasteiger partial charge in [0.15, 0.2) is 0 Å². The lowest BCUT2D eigenvalue weighted by molar-refractivity contribution is -0.145. The number of carbonyl (C=O) groups excluding carboxylic acids is 1. The lowest BCUT2D eigenvalue weighted by atomic mass is 9.91. The highest BCUT2D eigenvalue weighted by Crippen LogP contribution is 2.27. The van der Waals surface area contributed by atoms with Crippen molar-refractivity contribution in [1.29, 1.82) is 0 Å². The first kappa shape index (κ1) is 14.2. The van der Waals surface area contributed by atoms with Crippen LogP contribution >= 0.6 is 0 Å². The minimum absolute atomic E-state index is 0.0415. The smallest absolute Gasteiger partial charge is 0.326 e. The Kier molecular flexibility index (Phi) is 4.32. The summed E-state index contributed by atoms with van der Waals surface area (Å²) in [5.41, 5.74) is 0. The highest BCUT2D eigenvalue weighted by molar-refractivity contribution is 5.83. The predicted molar refractivity (Wildman–Crippen MR) is 71.9 cm³/mol. The van der Waals surface area contributed by atoms with Crippen LogP contribution in [0.4, 0.5) is 4.79 Å². The van der Waals surface area contributed by atoms with Gasteiger partial charge in [-0.3, -0.25) is 0 Å². The van der Waals surface area contributed by atoms with E-state index in [2.05, 4.69) is 6.92 Å². The summed E-state index contributed by atoms with van der Waals surface area (Å²) >= 11 is 0. The van der Waals surface area contributed by atoms with Gasteiger partial charge in [-0.15, -0.1) is 0 Å². The molecule has 108 valence electrons. The van der Waals surface area contributed by atoms with Gasteiger partial charge in [0, 0.05) is 19.6 Å². The van der Waals surface area contributed by atoms with E-state index in [1.165, 1.54) is 0 Å².